The molecule has 120 valence electrons. The van der Waals surface area contributed by atoms with Crippen LogP contribution in [0.3, 0.4) is 0 Å². The number of hydrogen-bond donors (Lipinski definition) is 0. The average molecular weight is 372 g/mol. The van der Waals surface area contributed by atoms with E-state index in [1.807, 2.05) is 35.2 Å². The molecular formula is C20H22BrNO. The van der Waals surface area contributed by atoms with E-state index in [0.717, 1.165) is 48.3 Å². The van der Waals surface area contributed by atoms with Crippen molar-refractivity contribution in [2.45, 2.75) is 25.7 Å². The number of halogens is 1. The van der Waals surface area contributed by atoms with Gasteiger partial charge < -0.3 is 4.90 Å². The summed E-state index contributed by atoms with van der Waals surface area (Å²) in [5, 5.41) is 0. The molecule has 1 aliphatic heterocycles. The second-order valence-electron chi connectivity index (χ2n) is 6.27. The first-order valence-electron chi connectivity index (χ1n) is 8.31. The fourth-order valence-electron chi connectivity index (χ4n) is 3.25. The second-order valence-corrected chi connectivity index (χ2v) is 7.19. The van der Waals surface area contributed by atoms with Crippen LogP contribution in [-0.4, -0.2) is 23.9 Å². The molecule has 0 unspecified atom stereocenters. The molecule has 0 atom stereocenters. The van der Waals surface area contributed by atoms with Crippen molar-refractivity contribution in [3.8, 4) is 0 Å². The summed E-state index contributed by atoms with van der Waals surface area (Å²) < 4.78 is 1.15. The van der Waals surface area contributed by atoms with Gasteiger partial charge in [-0.25, -0.2) is 0 Å². The van der Waals surface area contributed by atoms with Crippen molar-refractivity contribution in [2.24, 2.45) is 5.92 Å². The molecule has 0 radical (unpaired) electrons. The number of likely N-dealkylation sites (tertiary alicyclic amines) is 1. The van der Waals surface area contributed by atoms with Crippen molar-refractivity contribution in [1.29, 1.82) is 0 Å². The lowest BCUT2D eigenvalue weighted by Gasteiger charge is -2.32. The van der Waals surface area contributed by atoms with Gasteiger partial charge in [-0.2, -0.15) is 0 Å². The van der Waals surface area contributed by atoms with E-state index in [-0.39, 0.29) is 5.91 Å². The van der Waals surface area contributed by atoms with Gasteiger partial charge >= 0.3 is 0 Å². The lowest BCUT2D eigenvalue weighted by molar-refractivity contribution is 0.0687. The van der Waals surface area contributed by atoms with Crippen LogP contribution in [0.15, 0.2) is 59.1 Å². The van der Waals surface area contributed by atoms with Gasteiger partial charge in [-0.3, -0.25) is 4.79 Å². The Balaban J connectivity index is 1.48. The molecule has 0 bridgehead atoms. The van der Waals surface area contributed by atoms with Gasteiger partial charge in [0.25, 0.3) is 5.91 Å². The predicted molar refractivity (Wildman–Crippen MR) is 97.5 cm³/mol. The second kappa shape index (κ2) is 7.78. The highest BCUT2D eigenvalue weighted by Crippen LogP contribution is 2.24. The van der Waals surface area contributed by atoms with E-state index in [1.54, 1.807) is 0 Å². The maximum Gasteiger partial charge on any atom is 0.253 e. The average Bonchev–Trinajstić information content (AvgIpc) is 2.61. The van der Waals surface area contributed by atoms with E-state index in [1.165, 1.54) is 12.0 Å². The number of rotatable bonds is 4. The van der Waals surface area contributed by atoms with Crippen molar-refractivity contribution in [2.75, 3.05) is 13.1 Å². The molecule has 1 aliphatic rings. The van der Waals surface area contributed by atoms with E-state index in [9.17, 15) is 4.79 Å². The number of aryl methyl sites for hydroxylation is 1. The normalized spacial score (nSPS) is 15.6. The minimum atomic E-state index is 0.177. The van der Waals surface area contributed by atoms with Crippen LogP contribution in [0, 0.1) is 5.92 Å². The van der Waals surface area contributed by atoms with Crippen LogP contribution in [0.25, 0.3) is 0 Å². The van der Waals surface area contributed by atoms with Crippen molar-refractivity contribution in [3.05, 3.63) is 70.2 Å². The molecule has 0 N–H and O–H groups in total. The fourth-order valence-corrected chi connectivity index (χ4v) is 3.70. The number of amides is 1. The van der Waals surface area contributed by atoms with E-state index < -0.39 is 0 Å². The van der Waals surface area contributed by atoms with Crippen molar-refractivity contribution in [3.63, 3.8) is 0 Å². The van der Waals surface area contributed by atoms with Crippen LogP contribution < -0.4 is 0 Å². The molecule has 3 heteroatoms. The molecule has 23 heavy (non-hydrogen) atoms. The van der Waals surface area contributed by atoms with Gasteiger partial charge in [0.2, 0.25) is 0 Å². The van der Waals surface area contributed by atoms with E-state index in [4.69, 9.17) is 0 Å². The van der Waals surface area contributed by atoms with Gasteiger partial charge in [-0.1, -0.05) is 46.3 Å². The van der Waals surface area contributed by atoms with Crippen molar-refractivity contribution >= 4 is 21.8 Å². The number of carbonyl (C=O) groups excluding carboxylic acids is 1. The third-order valence-electron chi connectivity index (χ3n) is 4.65. The first-order chi connectivity index (χ1) is 11.2. The maximum atomic E-state index is 12.4. The smallest absolute Gasteiger partial charge is 0.253 e. The van der Waals surface area contributed by atoms with Crippen LogP contribution in [-0.2, 0) is 6.42 Å². The van der Waals surface area contributed by atoms with E-state index in [2.05, 4.69) is 40.2 Å². The van der Waals surface area contributed by atoms with Crippen molar-refractivity contribution < 1.29 is 4.79 Å². The Morgan fingerprint density at radius 1 is 1.04 bits per heavy atom. The van der Waals surface area contributed by atoms with Crippen LogP contribution in [0.1, 0.15) is 35.2 Å². The Bertz CT molecular complexity index is 648. The zero-order chi connectivity index (χ0) is 16.1. The molecule has 2 nitrogen and oxygen atoms in total. The Hall–Kier alpha value is -1.61. The summed E-state index contributed by atoms with van der Waals surface area (Å²) in [5.74, 6) is 0.907. The molecule has 1 saturated heterocycles. The molecule has 0 aliphatic carbocycles. The molecule has 1 heterocycles. The Kier molecular flexibility index (Phi) is 5.50. The molecule has 3 rings (SSSR count). The SMILES string of the molecule is O=C(c1ccccc1)N1CCC(CCc2cccc(Br)c2)CC1. The van der Waals surface area contributed by atoms with Gasteiger partial charge in [0.15, 0.2) is 0 Å². The third kappa shape index (κ3) is 4.44. The minimum absolute atomic E-state index is 0.177. The van der Waals surface area contributed by atoms with Crippen LogP contribution in [0.5, 0.6) is 0 Å². The zero-order valence-corrected chi connectivity index (χ0v) is 14.8. The maximum absolute atomic E-state index is 12.4. The van der Waals surface area contributed by atoms with Gasteiger partial charge in [0.1, 0.15) is 0 Å². The van der Waals surface area contributed by atoms with E-state index >= 15 is 0 Å². The summed E-state index contributed by atoms with van der Waals surface area (Å²) in [4.78, 5) is 14.4. The molecule has 2 aromatic rings. The quantitative estimate of drug-likeness (QED) is 0.745. The number of piperidine rings is 1. The summed E-state index contributed by atoms with van der Waals surface area (Å²) >= 11 is 3.53. The largest absolute Gasteiger partial charge is 0.339 e. The first kappa shape index (κ1) is 16.3. The summed E-state index contributed by atoms with van der Waals surface area (Å²) in [6.07, 6.45) is 4.57. The monoisotopic (exact) mass is 371 g/mol. The Morgan fingerprint density at radius 2 is 1.78 bits per heavy atom. The molecular weight excluding hydrogens is 350 g/mol. The van der Waals surface area contributed by atoms with Gasteiger partial charge in [0, 0.05) is 23.1 Å². The summed E-state index contributed by atoms with van der Waals surface area (Å²) in [5.41, 5.74) is 2.20. The molecule has 0 saturated carbocycles. The highest BCUT2D eigenvalue weighted by molar-refractivity contribution is 9.10. The highest BCUT2D eigenvalue weighted by Gasteiger charge is 2.23. The lowest BCUT2D eigenvalue weighted by Crippen LogP contribution is -2.38. The number of hydrogen-bond acceptors (Lipinski definition) is 1. The molecule has 1 fully saturated rings. The van der Waals surface area contributed by atoms with Gasteiger partial charge in [-0.15, -0.1) is 0 Å². The summed E-state index contributed by atoms with van der Waals surface area (Å²) in [6.45, 7) is 1.77. The Morgan fingerprint density at radius 3 is 2.48 bits per heavy atom. The highest BCUT2D eigenvalue weighted by atomic mass is 79.9. The summed E-state index contributed by atoms with van der Waals surface area (Å²) in [7, 11) is 0. The Labute approximate surface area is 146 Å². The molecule has 1 amide bonds. The minimum Gasteiger partial charge on any atom is -0.339 e. The van der Waals surface area contributed by atoms with Crippen LogP contribution >= 0.6 is 15.9 Å². The standard InChI is InChI=1S/C20H22BrNO/c21-19-8-4-5-17(15-19)10-9-16-11-13-22(14-12-16)20(23)18-6-2-1-3-7-18/h1-8,15-16H,9-14H2. The lowest BCUT2D eigenvalue weighted by atomic mass is 9.90. The fraction of sp³-hybridized carbons (Fsp3) is 0.350. The van der Waals surface area contributed by atoms with Crippen molar-refractivity contribution in [1.82, 2.24) is 4.90 Å². The van der Waals surface area contributed by atoms with Crippen LogP contribution in [0.2, 0.25) is 0 Å². The zero-order valence-electron chi connectivity index (χ0n) is 13.2. The van der Waals surface area contributed by atoms with E-state index in [0.29, 0.717) is 0 Å². The third-order valence-corrected chi connectivity index (χ3v) is 5.15. The number of benzene rings is 2. The molecule has 2 aromatic carbocycles. The number of carbonyl (C=O) groups is 1. The number of nitrogens with zero attached hydrogens (tertiary/aromatic N) is 1. The molecule has 0 spiro atoms. The molecule has 0 aromatic heterocycles. The van der Waals surface area contributed by atoms with Crippen LogP contribution in [0.4, 0.5) is 0 Å². The van der Waals surface area contributed by atoms with Gasteiger partial charge in [-0.05, 0) is 61.4 Å². The first-order valence-corrected chi connectivity index (χ1v) is 9.10. The predicted octanol–water partition coefficient (Wildman–Crippen LogP) is 4.93. The summed E-state index contributed by atoms with van der Waals surface area (Å²) in [6, 6.07) is 18.2. The topological polar surface area (TPSA) is 20.3 Å². The van der Waals surface area contributed by atoms with Gasteiger partial charge in [0.05, 0.1) is 0 Å².